The Labute approximate surface area is 140 Å². The Balaban J connectivity index is 1.83. The predicted molar refractivity (Wildman–Crippen MR) is 87.9 cm³/mol. The van der Waals surface area contributed by atoms with Crippen LogP contribution < -0.4 is 4.74 Å². The third-order valence-electron chi connectivity index (χ3n) is 3.44. The first-order valence-corrected chi connectivity index (χ1v) is 7.91. The standard InChI is InChI=1S/C14H11ClN6OS/c1-20-11(10(15)7-16-20)13-19-21-12(17-18-14(21)23-13)8-3-5-9(22-2)6-4-8/h3-7H,1-2H3. The number of rotatable bonds is 3. The first-order valence-electron chi connectivity index (χ1n) is 6.72. The molecule has 0 spiro atoms. The molecule has 0 aliphatic heterocycles. The molecule has 0 bridgehead atoms. The van der Waals surface area contributed by atoms with Crippen LogP contribution in [0.15, 0.2) is 30.5 Å². The predicted octanol–water partition coefficient (Wildman–Crippen LogP) is 2.92. The van der Waals surface area contributed by atoms with Crippen LogP contribution in [0.1, 0.15) is 0 Å². The number of ether oxygens (including phenoxy) is 1. The average molecular weight is 347 g/mol. The second-order valence-electron chi connectivity index (χ2n) is 4.82. The van der Waals surface area contributed by atoms with E-state index in [1.807, 2.05) is 31.3 Å². The van der Waals surface area contributed by atoms with E-state index < -0.39 is 0 Å². The number of aromatic nitrogens is 6. The first kappa shape index (κ1) is 14.2. The number of halogens is 1. The van der Waals surface area contributed by atoms with Gasteiger partial charge in [-0.1, -0.05) is 22.9 Å². The zero-order chi connectivity index (χ0) is 16.0. The normalized spacial score (nSPS) is 11.3. The maximum absolute atomic E-state index is 6.19. The Hall–Kier alpha value is -2.45. The molecule has 0 aliphatic rings. The zero-order valence-corrected chi connectivity index (χ0v) is 13.8. The van der Waals surface area contributed by atoms with E-state index in [-0.39, 0.29) is 0 Å². The van der Waals surface area contributed by atoms with E-state index in [2.05, 4.69) is 20.4 Å². The van der Waals surface area contributed by atoms with Crippen LogP contribution in [0.3, 0.4) is 0 Å². The minimum atomic E-state index is 0.559. The molecule has 0 amide bonds. The van der Waals surface area contributed by atoms with Gasteiger partial charge in [0.15, 0.2) is 10.8 Å². The lowest BCUT2D eigenvalue weighted by Gasteiger charge is -2.01. The first-order chi connectivity index (χ1) is 11.2. The van der Waals surface area contributed by atoms with Gasteiger partial charge >= 0.3 is 0 Å². The molecule has 0 unspecified atom stereocenters. The van der Waals surface area contributed by atoms with Gasteiger partial charge in [0.25, 0.3) is 0 Å². The van der Waals surface area contributed by atoms with Gasteiger partial charge in [-0.2, -0.15) is 14.7 Å². The van der Waals surface area contributed by atoms with Crippen molar-refractivity contribution in [1.29, 1.82) is 0 Å². The van der Waals surface area contributed by atoms with Gasteiger partial charge in [-0.15, -0.1) is 10.2 Å². The molecule has 3 heterocycles. The zero-order valence-electron chi connectivity index (χ0n) is 12.3. The van der Waals surface area contributed by atoms with Gasteiger partial charge in [0.1, 0.15) is 11.4 Å². The van der Waals surface area contributed by atoms with Crippen LogP contribution in [0, 0.1) is 0 Å². The molecule has 0 saturated heterocycles. The number of fused-ring (bicyclic) bond motifs is 1. The second-order valence-corrected chi connectivity index (χ2v) is 6.18. The topological polar surface area (TPSA) is 70.1 Å². The van der Waals surface area contributed by atoms with Crippen LogP contribution in [0.25, 0.3) is 27.1 Å². The molecular weight excluding hydrogens is 336 g/mol. The highest BCUT2D eigenvalue weighted by molar-refractivity contribution is 7.19. The number of nitrogens with zero attached hydrogens (tertiary/aromatic N) is 6. The summed E-state index contributed by atoms with van der Waals surface area (Å²) in [4.78, 5) is 0.697. The monoisotopic (exact) mass is 346 g/mol. The molecule has 9 heteroatoms. The van der Waals surface area contributed by atoms with E-state index in [0.717, 1.165) is 22.0 Å². The van der Waals surface area contributed by atoms with Crippen LogP contribution in [0.2, 0.25) is 5.02 Å². The maximum atomic E-state index is 6.19. The molecule has 4 rings (SSSR count). The summed E-state index contributed by atoms with van der Waals surface area (Å²) in [5.74, 6) is 1.46. The van der Waals surface area contributed by atoms with Gasteiger partial charge in [-0.3, -0.25) is 4.68 Å². The molecule has 4 aromatic rings. The van der Waals surface area contributed by atoms with Crippen LogP contribution >= 0.6 is 22.9 Å². The number of hydrogen-bond acceptors (Lipinski definition) is 6. The molecule has 0 radical (unpaired) electrons. The van der Waals surface area contributed by atoms with Crippen molar-refractivity contribution in [3.63, 3.8) is 0 Å². The van der Waals surface area contributed by atoms with Gasteiger partial charge in [0.05, 0.1) is 18.3 Å². The van der Waals surface area contributed by atoms with Gasteiger partial charge in [-0.25, -0.2) is 0 Å². The molecule has 0 saturated carbocycles. The molecule has 23 heavy (non-hydrogen) atoms. The van der Waals surface area contributed by atoms with Crippen molar-refractivity contribution < 1.29 is 4.74 Å². The quantitative estimate of drug-likeness (QED) is 0.570. The van der Waals surface area contributed by atoms with Gasteiger partial charge in [0.2, 0.25) is 4.96 Å². The molecule has 3 aromatic heterocycles. The molecule has 0 aliphatic carbocycles. The highest BCUT2D eigenvalue weighted by Gasteiger charge is 2.18. The molecular formula is C14H11ClN6OS. The fourth-order valence-corrected chi connectivity index (χ4v) is 3.53. The molecule has 1 aromatic carbocycles. The largest absolute Gasteiger partial charge is 0.497 e. The Morgan fingerprint density at radius 2 is 1.96 bits per heavy atom. The van der Waals surface area contributed by atoms with Crippen LogP contribution in [0.4, 0.5) is 0 Å². The summed E-state index contributed by atoms with van der Waals surface area (Å²) in [5, 5.41) is 18.4. The SMILES string of the molecule is COc1ccc(-c2nnc3sc(-c4c(Cl)cnn4C)nn23)cc1. The fraction of sp³-hybridized carbons (Fsp3) is 0.143. The van der Waals surface area contributed by atoms with Crippen molar-refractivity contribution in [2.24, 2.45) is 7.05 Å². The second kappa shape index (κ2) is 5.32. The molecule has 116 valence electrons. The lowest BCUT2D eigenvalue weighted by molar-refractivity contribution is 0.415. The molecule has 0 atom stereocenters. The minimum Gasteiger partial charge on any atom is -0.497 e. The maximum Gasteiger partial charge on any atom is 0.235 e. The molecule has 7 nitrogen and oxygen atoms in total. The number of methoxy groups -OCH3 is 1. The summed E-state index contributed by atoms with van der Waals surface area (Å²) < 4.78 is 8.58. The van der Waals surface area contributed by atoms with E-state index in [1.54, 1.807) is 22.5 Å². The fourth-order valence-electron chi connectivity index (χ4n) is 2.28. The highest BCUT2D eigenvalue weighted by atomic mass is 35.5. The van der Waals surface area contributed by atoms with E-state index in [1.165, 1.54) is 11.3 Å². The summed E-state index contributed by atoms with van der Waals surface area (Å²) in [5.41, 5.74) is 1.68. The summed E-state index contributed by atoms with van der Waals surface area (Å²) in [7, 11) is 3.46. The van der Waals surface area contributed by atoms with Crippen molar-refractivity contribution in [3.8, 4) is 27.8 Å². The summed E-state index contributed by atoms with van der Waals surface area (Å²) in [6, 6.07) is 7.60. The van der Waals surface area contributed by atoms with Crippen molar-refractivity contribution >= 4 is 27.9 Å². The van der Waals surface area contributed by atoms with Crippen LogP contribution in [-0.4, -0.2) is 36.7 Å². The summed E-state index contributed by atoms with van der Waals surface area (Å²) in [6.07, 6.45) is 1.60. The van der Waals surface area contributed by atoms with Crippen molar-refractivity contribution in [1.82, 2.24) is 29.6 Å². The van der Waals surface area contributed by atoms with Crippen molar-refractivity contribution in [2.45, 2.75) is 0 Å². The van der Waals surface area contributed by atoms with Crippen molar-refractivity contribution in [2.75, 3.05) is 7.11 Å². The highest BCUT2D eigenvalue weighted by Crippen LogP contribution is 2.32. The smallest absolute Gasteiger partial charge is 0.235 e. The third kappa shape index (κ3) is 2.27. The summed E-state index contributed by atoms with van der Waals surface area (Å²) in [6.45, 7) is 0. The minimum absolute atomic E-state index is 0.559. The van der Waals surface area contributed by atoms with E-state index in [0.29, 0.717) is 15.8 Å². The van der Waals surface area contributed by atoms with Crippen molar-refractivity contribution in [3.05, 3.63) is 35.5 Å². The Morgan fingerprint density at radius 3 is 2.61 bits per heavy atom. The third-order valence-corrected chi connectivity index (χ3v) is 4.62. The van der Waals surface area contributed by atoms with Gasteiger partial charge < -0.3 is 4.74 Å². The van der Waals surface area contributed by atoms with E-state index in [9.17, 15) is 0 Å². The van der Waals surface area contributed by atoms with E-state index in [4.69, 9.17) is 16.3 Å². The number of benzene rings is 1. The van der Waals surface area contributed by atoms with Gasteiger partial charge in [-0.05, 0) is 24.3 Å². The molecule has 0 fully saturated rings. The summed E-state index contributed by atoms with van der Waals surface area (Å²) >= 11 is 7.60. The lowest BCUT2D eigenvalue weighted by atomic mass is 10.2. The Morgan fingerprint density at radius 1 is 1.17 bits per heavy atom. The Kier molecular flexibility index (Phi) is 3.28. The Bertz CT molecular complexity index is 967. The van der Waals surface area contributed by atoms with Gasteiger partial charge in [0, 0.05) is 12.6 Å². The van der Waals surface area contributed by atoms with Crippen LogP contribution in [0.5, 0.6) is 5.75 Å². The number of aryl methyl sites for hydroxylation is 1. The van der Waals surface area contributed by atoms with Crippen LogP contribution in [-0.2, 0) is 7.05 Å². The average Bonchev–Trinajstić information content (AvgIpc) is 3.22. The lowest BCUT2D eigenvalue weighted by Crippen LogP contribution is -1.95. The molecule has 0 N–H and O–H groups in total. The van der Waals surface area contributed by atoms with E-state index >= 15 is 0 Å². The number of hydrogen-bond donors (Lipinski definition) is 0.